The number of rotatable bonds is 7. The summed E-state index contributed by atoms with van der Waals surface area (Å²) >= 11 is 0. The summed E-state index contributed by atoms with van der Waals surface area (Å²) in [6.07, 6.45) is 3.86. The molecule has 0 aromatic rings. The Kier molecular flexibility index (Phi) is 8.32. The highest BCUT2D eigenvalue weighted by Crippen LogP contribution is 2.70. The number of aliphatic hydroxyl groups is 2. The Morgan fingerprint density at radius 1 is 1.00 bits per heavy atom. The van der Waals surface area contributed by atoms with Crippen LogP contribution in [0.15, 0.2) is 11.6 Å². The molecule has 4 saturated carbocycles. The Hall–Kier alpha value is -1.89. The van der Waals surface area contributed by atoms with Crippen LogP contribution in [0.1, 0.15) is 78.6 Å². The topological polar surface area (TPSA) is 147 Å². The third kappa shape index (κ3) is 4.63. The lowest BCUT2D eigenvalue weighted by Gasteiger charge is -2.65. The highest BCUT2D eigenvalue weighted by atomic mass is 16.7. The van der Waals surface area contributed by atoms with Crippen molar-refractivity contribution in [1.82, 2.24) is 0 Å². The monoisotopic (exact) mass is 620 g/mol. The van der Waals surface area contributed by atoms with Gasteiger partial charge in [0.2, 0.25) is 0 Å². The zero-order chi connectivity index (χ0) is 31.7. The van der Waals surface area contributed by atoms with E-state index < -0.39 is 64.8 Å². The Morgan fingerprint density at radius 3 is 2.36 bits per heavy atom. The zero-order valence-electron chi connectivity index (χ0n) is 26.5. The lowest BCUT2D eigenvalue weighted by Crippen LogP contribution is -2.69. The van der Waals surface area contributed by atoms with E-state index in [-0.39, 0.29) is 36.8 Å². The van der Waals surface area contributed by atoms with Crippen LogP contribution in [-0.4, -0.2) is 97.3 Å². The molecule has 6 aliphatic rings. The molecule has 0 bridgehead atoms. The molecule has 0 amide bonds. The van der Waals surface area contributed by atoms with Gasteiger partial charge in [-0.15, -0.1) is 0 Å². The van der Waals surface area contributed by atoms with E-state index in [1.807, 2.05) is 0 Å². The first-order valence-electron chi connectivity index (χ1n) is 16.2. The standard InChI is InChI=1S/C33H48O11/c1-18-26(43-19(2)35)27(39-4)28(40-5)29(42-18)44-21-6-11-31(17-34)23-7-10-30(3)22(20-14-25(36)41-16-20)9-13-33(30,38)24(23)8-12-32(31,37)15-21/h14,17-18,21-24,26-29,37-38H,6-13,15-16H2,1-5H3/t18-,21-,22-,23+,24-,26-,27-,28+,29+,30-,31+,32+,33-/m1/s1. The molecule has 246 valence electrons. The second kappa shape index (κ2) is 11.4. The Morgan fingerprint density at radius 2 is 1.73 bits per heavy atom. The summed E-state index contributed by atoms with van der Waals surface area (Å²) in [5, 5.41) is 24.8. The van der Waals surface area contributed by atoms with Gasteiger partial charge in [-0.25, -0.2) is 4.79 Å². The number of hydrogen-bond acceptors (Lipinski definition) is 11. The van der Waals surface area contributed by atoms with Gasteiger partial charge in [0.25, 0.3) is 0 Å². The third-order valence-electron chi connectivity index (χ3n) is 12.7. The third-order valence-corrected chi connectivity index (χ3v) is 12.7. The van der Waals surface area contributed by atoms with Gasteiger partial charge in [0.05, 0.1) is 28.8 Å². The smallest absolute Gasteiger partial charge is 0.331 e. The fourth-order valence-electron chi connectivity index (χ4n) is 10.6. The van der Waals surface area contributed by atoms with Gasteiger partial charge in [-0.1, -0.05) is 6.92 Å². The van der Waals surface area contributed by atoms with Crippen LogP contribution in [0.2, 0.25) is 0 Å². The summed E-state index contributed by atoms with van der Waals surface area (Å²) in [6.45, 7) is 5.55. The number of cyclic esters (lactones) is 1. The Bertz CT molecular complexity index is 1190. The first-order chi connectivity index (χ1) is 20.9. The molecule has 0 radical (unpaired) electrons. The molecule has 44 heavy (non-hydrogen) atoms. The number of fused-ring (bicyclic) bond motifs is 5. The predicted octanol–water partition coefficient (Wildman–Crippen LogP) is 2.63. The molecule has 5 fully saturated rings. The average molecular weight is 621 g/mol. The minimum absolute atomic E-state index is 0.0556. The normalized spacial score (nSPS) is 50.1. The van der Waals surface area contributed by atoms with Crippen molar-refractivity contribution >= 4 is 18.2 Å². The second-order valence-electron chi connectivity index (χ2n) is 14.4. The van der Waals surface area contributed by atoms with E-state index >= 15 is 0 Å². The largest absolute Gasteiger partial charge is 0.458 e. The molecule has 2 aliphatic heterocycles. The molecule has 2 heterocycles. The summed E-state index contributed by atoms with van der Waals surface area (Å²) in [5.74, 6) is -1.00. The SMILES string of the molecule is CO[C@H]1[C@H](OC)[C@H](O[C@@H]2CC[C@]3(C=O)[C@H]4CC[C@]5(C)[C@@H](C6=CC(=O)OC6)CC[C@@]5(O)[C@@H]4CC[C@]3(O)C2)O[C@H](C)[C@H]1OC(C)=O. The van der Waals surface area contributed by atoms with E-state index in [4.69, 9.17) is 28.4 Å². The van der Waals surface area contributed by atoms with Crippen LogP contribution < -0.4 is 0 Å². The molecule has 4 aliphatic carbocycles. The van der Waals surface area contributed by atoms with Gasteiger partial charge >= 0.3 is 11.9 Å². The van der Waals surface area contributed by atoms with Crippen LogP contribution in [0.25, 0.3) is 0 Å². The molecule has 13 atom stereocenters. The summed E-state index contributed by atoms with van der Waals surface area (Å²) in [6, 6.07) is 0. The van der Waals surface area contributed by atoms with Gasteiger partial charge in [0, 0.05) is 39.1 Å². The highest BCUT2D eigenvalue weighted by Gasteiger charge is 2.71. The van der Waals surface area contributed by atoms with Crippen molar-refractivity contribution in [2.75, 3.05) is 20.8 Å². The number of carbonyl (C=O) groups excluding carboxylic acids is 3. The lowest BCUT2D eigenvalue weighted by atomic mass is 9.41. The van der Waals surface area contributed by atoms with Crippen molar-refractivity contribution in [3.8, 4) is 0 Å². The maximum absolute atomic E-state index is 13.2. The van der Waals surface area contributed by atoms with E-state index in [0.717, 1.165) is 24.7 Å². The maximum atomic E-state index is 13.2. The van der Waals surface area contributed by atoms with Gasteiger partial charge in [-0.3, -0.25) is 4.79 Å². The number of esters is 2. The molecule has 0 spiro atoms. The van der Waals surface area contributed by atoms with E-state index in [9.17, 15) is 24.6 Å². The van der Waals surface area contributed by atoms with Crippen LogP contribution >= 0.6 is 0 Å². The first-order valence-corrected chi connectivity index (χ1v) is 16.2. The first kappa shape index (κ1) is 32.1. The molecule has 6 rings (SSSR count). The molecule has 0 aromatic carbocycles. The van der Waals surface area contributed by atoms with Crippen molar-refractivity contribution in [3.63, 3.8) is 0 Å². The molecular weight excluding hydrogens is 572 g/mol. The van der Waals surface area contributed by atoms with Gasteiger partial charge in [-0.2, -0.15) is 0 Å². The fraction of sp³-hybridized carbons (Fsp3) is 0.848. The van der Waals surface area contributed by atoms with E-state index in [1.54, 1.807) is 13.0 Å². The van der Waals surface area contributed by atoms with Crippen LogP contribution in [-0.2, 0) is 42.8 Å². The summed E-state index contributed by atoms with van der Waals surface area (Å²) in [4.78, 5) is 36.8. The fourth-order valence-corrected chi connectivity index (χ4v) is 10.6. The van der Waals surface area contributed by atoms with Crippen molar-refractivity contribution in [3.05, 3.63) is 11.6 Å². The van der Waals surface area contributed by atoms with Crippen LogP contribution in [0.5, 0.6) is 0 Å². The number of aldehydes is 1. The van der Waals surface area contributed by atoms with E-state index in [0.29, 0.717) is 38.5 Å². The van der Waals surface area contributed by atoms with Gasteiger partial charge in [-0.05, 0) is 81.6 Å². The van der Waals surface area contributed by atoms with Crippen molar-refractivity contribution in [1.29, 1.82) is 0 Å². The minimum atomic E-state index is -1.29. The Labute approximate surface area is 258 Å². The van der Waals surface area contributed by atoms with Crippen LogP contribution in [0.3, 0.4) is 0 Å². The van der Waals surface area contributed by atoms with Crippen molar-refractivity contribution in [2.24, 2.45) is 28.6 Å². The molecule has 0 unspecified atom stereocenters. The molecule has 11 heteroatoms. The number of hydrogen-bond donors (Lipinski definition) is 2. The molecule has 11 nitrogen and oxygen atoms in total. The molecule has 2 N–H and O–H groups in total. The van der Waals surface area contributed by atoms with Crippen LogP contribution in [0, 0.1) is 28.6 Å². The van der Waals surface area contributed by atoms with Gasteiger partial charge in [0.1, 0.15) is 25.1 Å². The Balaban J connectivity index is 1.20. The van der Waals surface area contributed by atoms with Gasteiger partial charge < -0.3 is 43.4 Å². The number of methoxy groups -OCH3 is 2. The predicted molar refractivity (Wildman–Crippen MR) is 154 cm³/mol. The van der Waals surface area contributed by atoms with E-state index in [2.05, 4.69) is 6.92 Å². The highest BCUT2D eigenvalue weighted by molar-refractivity contribution is 5.85. The number of carbonyl (C=O) groups is 3. The zero-order valence-corrected chi connectivity index (χ0v) is 26.5. The lowest BCUT2D eigenvalue weighted by molar-refractivity contribution is -0.324. The summed E-state index contributed by atoms with van der Waals surface area (Å²) in [5.41, 5.74) is -2.75. The number of ether oxygens (including phenoxy) is 6. The second-order valence-corrected chi connectivity index (χ2v) is 14.4. The molecule has 1 saturated heterocycles. The van der Waals surface area contributed by atoms with E-state index in [1.165, 1.54) is 21.1 Å². The summed E-state index contributed by atoms with van der Waals surface area (Å²) in [7, 11) is 3.05. The maximum Gasteiger partial charge on any atom is 0.331 e. The molecular formula is C33H48O11. The van der Waals surface area contributed by atoms with Crippen molar-refractivity contribution < 1.29 is 53.0 Å². The van der Waals surface area contributed by atoms with Crippen LogP contribution in [0.4, 0.5) is 0 Å². The quantitative estimate of drug-likeness (QED) is 0.246. The summed E-state index contributed by atoms with van der Waals surface area (Å²) < 4.78 is 34.7. The van der Waals surface area contributed by atoms with Gasteiger partial charge in [0.15, 0.2) is 12.4 Å². The molecule has 0 aromatic heterocycles. The average Bonchev–Trinajstić information content (AvgIpc) is 3.52. The van der Waals surface area contributed by atoms with Crippen molar-refractivity contribution in [2.45, 2.75) is 127 Å². The minimum Gasteiger partial charge on any atom is -0.458 e.